The average molecular weight is 278 g/mol. The van der Waals surface area contributed by atoms with Gasteiger partial charge in [0, 0.05) is 31.2 Å². The number of sulfonamides is 1. The van der Waals surface area contributed by atoms with Gasteiger partial charge in [0.2, 0.25) is 10.0 Å². The van der Waals surface area contributed by atoms with Crippen LogP contribution in [0.4, 0.5) is 0 Å². The number of hydrogen-bond acceptors (Lipinski definition) is 4. The monoisotopic (exact) mass is 278 g/mol. The van der Waals surface area contributed by atoms with Crippen LogP contribution in [-0.4, -0.2) is 45.5 Å². The van der Waals surface area contributed by atoms with Gasteiger partial charge in [-0.3, -0.25) is 0 Å². The summed E-state index contributed by atoms with van der Waals surface area (Å²) in [5.74, 6) is 0.296. The third-order valence-corrected chi connectivity index (χ3v) is 5.29. The maximum atomic E-state index is 12.1. The van der Waals surface area contributed by atoms with Crippen LogP contribution in [0.2, 0.25) is 0 Å². The Balaban J connectivity index is 2.46. The first-order valence-corrected chi connectivity index (χ1v) is 8.20. The first-order valence-electron chi connectivity index (χ1n) is 6.65. The maximum Gasteiger partial charge on any atom is 0.215 e. The lowest BCUT2D eigenvalue weighted by Gasteiger charge is -2.22. The number of hydrogen-bond donors (Lipinski definition) is 2. The van der Waals surface area contributed by atoms with Gasteiger partial charge in [0.15, 0.2) is 0 Å². The molecule has 108 valence electrons. The highest BCUT2D eigenvalue weighted by molar-refractivity contribution is 7.90. The molecule has 1 fully saturated rings. The average Bonchev–Trinajstić information content (AvgIpc) is 2.78. The van der Waals surface area contributed by atoms with Gasteiger partial charge in [-0.1, -0.05) is 13.8 Å². The van der Waals surface area contributed by atoms with Gasteiger partial charge in [-0.15, -0.1) is 0 Å². The summed E-state index contributed by atoms with van der Waals surface area (Å²) in [6.45, 7) is 9.52. The largest absolute Gasteiger partial charge is 0.381 e. The molecular formula is C12H26N2O3S. The Morgan fingerprint density at radius 1 is 1.28 bits per heavy atom. The zero-order valence-electron chi connectivity index (χ0n) is 11.8. The van der Waals surface area contributed by atoms with Crippen molar-refractivity contribution in [2.45, 2.75) is 51.4 Å². The summed E-state index contributed by atoms with van der Waals surface area (Å²) in [7, 11) is -3.26. The first-order chi connectivity index (χ1) is 8.33. The van der Waals surface area contributed by atoms with E-state index in [-0.39, 0.29) is 6.04 Å². The van der Waals surface area contributed by atoms with E-state index >= 15 is 0 Å². The number of nitrogens with one attached hydrogen (secondary N) is 2. The van der Waals surface area contributed by atoms with Gasteiger partial charge in [0.1, 0.15) is 0 Å². The molecule has 1 aliphatic heterocycles. The lowest BCUT2D eigenvalue weighted by Crippen LogP contribution is -2.46. The van der Waals surface area contributed by atoms with E-state index in [1.54, 1.807) is 6.92 Å². The molecule has 0 aromatic carbocycles. The zero-order chi connectivity index (χ0) is 13.8. The summed E-state index contributed by atoms with van der Waals surface area (Å²) in [5.41, 5.74) is 0. The van der Waals surface area contributed by atoms with Gasteiger partial charge in [-0.25, -0.2) is 13.1 Å². The van der Waals surface area contributed by atoms with Gasteiger partial charge in [0.25, 0.3) is 0 Å². The van der Waals surface area contributed by atoms with E-state index in [2.05, 4.69) is 10.0 Å². The van der Waals surface area contributed by atoms with Crippen molar-refractivity contribution in [1.82, 2.24) is 10.0 Å². The lowest BCUT2D eigenvalue weighted by molar-refractivity contribution is 0.180. The van der Waals surface area contributed by atoms with Crippen molar-refractivity contribution >= 4 is 10.0 Å². The predicted octanol–water partition coefficient (Wildman–Crippen LogP) is 0.717. The van der Waals surface area contributed by atoms with Crippen molar-refractivity contribution in [2.24, 2.45) is 5.92 Å². The Morgan fingerprint density at radius 3 is 2.44 bits per heavy atom. The van der Waals surface area contributed by atoms with Gasteiger partial charge < -0.3 is 10.1 Å². The third kappa shape index (κ3) is 4.84. The summed E-state index contributed by atoms with van der Waals surface area (Å²) in [4.78, 5) is 0. The molecule has 0 spiro atoms. The standard InChI is InChI=1S/C12H26N2O3S/c1-9(2)13-7-10(3)18(15,16)14-11(4)12-5-6-17-8-12/h9-14H,5-8H2,1-4H3. The van der Waals surface area contributed by atoms with Gasteiger partial charge in [-0.2, -0.15) is 0 Å². The maximum absolute atomic E-state index is 12.1. The fourth-order valence-corrected chi connectivity index (χ4v) is 3.19. The highest BCUT2D eigenvalue weighted by atomic mass is 32.2. The van der Waals surface area contributed by atoms with Crippen LogP contribution in [0.1, 0.15) is 34.1 Å². The van der Waals surface area contributed by atoms with E-state index in [4.69, 9.17) is 4.74 Å². The molecule has 1 heterocycles. The quantitative estimate of drug-likeness (QED) is 0.720. The minimum Gasteiger partial charge on any atom is -0.381 e. The second-order valence-electron chi connectivity index (χ2n) is 5.45. The predicted molar refractivity (Wildman–Crippen MR) is 73.0 cm³/mol. The van der Waals surface area contributed by atoms with Crippen LogP contribution < -0.4 is 10.0 Å². The minimum atomic E-state index is -3.26. The van der Waals surface area contributed by atoms with E-state index < -0.39 is 15.3 Å². The lowest BCUT2D eigenvalue weighted by atomic mass is 10.0. The van der Waals surface area contributed by atoms with Crippen LogP contribution in [0.15, 0.2) is 0 Å². The van der Waals surface area contributed by atoms with Crippen LogP contribution >= 0.6 is 0 Å². The van der Waals surface area contributed by atoms with Crippen LogP contribution in [0.25, 0.3) is 0 Å². The second-order valence-corrected chi connectivity index (χ2v) is 7.58. The molecule has 0 aromatic heterocycles. The summed E-state index contributed by atoms with van der Waals surface area (Å²) < 4.78 is 32.3. The molecule has 0 bridgehead atoms. The molecule has 3 atom stereocenters. The van der Waals surface area contributed by atoms with E-state index in [1.807, 2.05) is 20.8 Å². The summed E-state index contributed by atoms with van der Waals surface area (Å²) in [5, 5.41) is 2.72. The molecule has 0 aromatic rings. The summed E-state index contributed by atoms with van der Waals surface area (Å²) in [6, 6.07) is 0.238. The third-order valence-electron chi connectivity index (χ3n) is 3.37. The topological polar surface area (TPSA) is 67.4 Å². The van der Waals surface area contributed by atoms with Crippen molar-refractivity contribution in [3.63, 3.8) is 0 Å². The van der Waals surface area contributed by atoms with Crippen molar-refractivity contribution in [2.75, 3.05) is 19.8 Å². The normalized spacial score (nSPS) is 24.4. The molecule has 0 aliphatic carbocycles. The van der Waals surface area contributed by atoms with Crippen molar-refractivity contribution in [1.29, 1.82) is 0 Å². The molecule has 6 heteroatoms. The Kier molecular flexibility index (Phi) is 6.04. The molecule has 1 rings (SSSR count). The van der Waals surface area contributed by atoms with Gasteiger partial charge >= 0.3 is 0 Å². The van der Waals surface area contributed by atoms with Crippen LogP contribution in [0, 0.1) is 5.92 Å². The molecule has 0 radical (unpaired) electrons. The fourth-order valence-electron chi connectivity index (χ4n) is 1.93. The molecule has 18 heavy (non-hydrogen) atoms. The highest BCUT2D eigenvalue weighted by Gasteiger charge is 2.28. The van der Waals surface area contributed by atoms with Crippen molar-refractivity contribution < 1.29 is 13.2 Å². The second kappa shape index (κ2) is 6.84. The smallest absolute Gasteiger partial charge is 0.215 e. The molecule has 5 nitrogen and oxygen atoms in total. The molecule has 0 amide bonds. The fraction of sp³-hybridized carbons (Fsp3) is 1.00. The first kappa shape index (κ1) is 15.9. The van der Waals surface area contributed by atoms with Crippen molar-refractivity contribution in [3.05, 3.63) is 0 Å². The molecule has 1 saturated heterocycles. The summed E-state index contributed by atoms with van der Waals surface area (Å²) >= 11 is 0. The zero-order valence-corrected chi connectivity index (χ0v) is 12.6. The van der Waals surface area contributed by atoms with E-state index in [1.165, 1.54) is 0 Å². The Morgan fingerprint density at radius 2 is 1.94 bits per heavy atom. The number of rotatable bonds is 7. The molecular weight excluding hydrogens is 252 g/mol. The SMILES string of the molecule is CC(C)NCC(C)S(=O)(=O)NC(C)C1CCOC1. The number of ether oxygens (including phenoxy) is 1. The molecule has 1 aliphatic rings. The minimum absolute atomic E-state index is 0.0565. The Labute approximate surface area is 111 Å². The van der Waals surface area contributed by atoms with E-state index in [0.717, 1.165) is 13.0 Å². The van der Waals surface area contributed by atoms with Crippen LogP contribution in [0.5, 0.6) is 0 Å². The summed E-state index contributed by atoms with van der Waals surface area (Å²) in [6.07, 6.45) is 0.933. The Bertz CT molecular complexity index is 337. The van der Waals surface area contributed by atoms with Crippen LogP contribution in [-0.2, 0) is 14.8 Å². The Hall–Kier alpha value is -0.170. The molecule has 2 N–H and O–H groups in total. The molecule has 3 unspecified atom stereocenters. The van der Waals surface area contributed by atoms with Crippen LogP contribution in [0.3, 0.4) is 0 Å². The van der Waals surface area contributed by atoms with E-state index in [9.17, 15) is 8.42 Å². The van der Waals surface area contributed by atoms with Gasteiger partial charge in [-0.05, 0) is 20.3 Å². The van der Waals surface area contributed by atoms with Gasteiger partial charge in [0.05, 0.1) is 11.9 Å². The molecule has 0 saturated carbocycles. The van der Waals surface area contributed by atoms with E-state index in [0.29, 0.717) is 25.1 Å². The highest BCUT2D eigenvalue weighted by Crippen LogP contribution is 2.17. The van der Waals surface area contributed by atoms with Crippen molar-refractivity contribution in [3.8, 4) is 0 Å².